The highest BCUT2D eigenvalue weighted by Gasteiger charge is 2.20. The molecule has 1 unspecified atom stereocenters. The van der Waals surface area contributed by atoms with Gasteiger partial charge in [-0.2, -0.15) is 0 Å². The molecule has 0 fully saturated rings. The molecule has 2 rings (SSSR count). The second-order valence-corrected chi connectivity index (χ2v) is 4.45. The second-order valence-electron chi connectivity index (χ2n) is 4.45. The van der Waals surface area contributed by atoms with Crippen LogP contribution in [-0.4, -0.2) is 50.2 Å². The number of carbonyl (C=O) groups is 1. The molecule has 1 atom stereocenters. The Balaban J connectivity index is 2.40. The minimum atomic E-state index is -2.77. The van der Waals surface area contributed by atoms with Gasteiger partial charge in [-0.25, -0.2) is 8.78 Å². The molecule has 8 heteroatoms. The van der Waals surface area contributed by atoms with Crippen molar-refractivity contribution in [3.05, 3.63) is 29.7 Å². The molecule has 0 saturated carbocycles. The minimum Gasteiger partial charge on any atom is -0.394 e. The van der Waals surface area contributed by atoms with Gasteiger partial charge >= 0.3 is 0 Å². The van der Waals surface area contributed by atoms with Crippen LogP contribution < -0.4 is 0 Å². The second kappa shape index (κ2) is 5.49. The third kappa shape index (κ3) is 2.46. The van der Waals surface area contributed by atoms with E-state index in [1.165, 1.54) is 30.3 Å². The van der Waals surface area contributed by atoms with Crippen LogP contribution in [0.15, 0.2) is 18.3 Å². The number of nitrogens with zero attached hydrogens (tertiary/aromatic N) is 4. The van der Waals surface area contributed by atoms with Crippen molar-refractivity contribution in [1.29, 1.82) is 0 Å². The number of amides is 1. The summed E-state index contributed by atoms with van der Waals surface area (Å²) < 4.78 is 26.6. The fraction of sp³-hybridized carbons (Fsp3) is 0.417. The van der Waals surface area contributed by atoms with Crippen molar-refractivity contribution < 1.29 is 18.7 Å². The number of aliphatic hydroxyl groups is 1. The van der Waals surface area contributed by atoms with Crippen LogP contribution >= 0.6 is 0 Å². The Morgan fingerprint density at radius 2 is 2.15 bits per heavy atom. The van der Waals surface area contributed by atoms with E-state index in [2.05, 4.69) is 10.2 Å². The summed E-state index contributed by atoms with van der Waals surface area (Å²) >= 11 is 0. The van der Waals surface area contributed by atoms with Crippen LogP contribution in [0.1, 0.15) is 29.5 Å². The van der Waals surface area contributed by atoms with E-state index < -0.39 is 12.2 Å². The number of carbonyl (C=O) groups excluding carboxylic acids is 1. The lowest BCUT2D eigenvalue weighted by Crippen LogP contribution is -2.37. The highest BCUT2D eigenvalue weighted by Crippen LogP contribution is 2.18. The molecular formula is C12H14F2N4O2. The molecular weight excluding hydrogens is 270 g/mol. The predicted molar refractivity (Wildman–Crippen MR) is 66.6 cm³/mol. The lowest BCUT2D eigenvalue weighted by Gasteiger charge is -2.23. The third-order valence-corrected chi connectivity index (χ3v) is 3.12. The fourth-order valence-electron chi connectivity index (χ4n) is 1.71. The predicted octanol–water partition coefficient (Wildman–Crippen LogP) is 1.12. The highest BCUT2D eigenvalue weighted by atomic mass is 19.3. The first-order chi connectivity index (χ1) is 9.45. The number of alkyl halides is 2. The number of rotatable bonds is 4. The summed E-state index contributed by atoms with van der Waals surface area (Å²) in [5.41, 5.74) is 0.469. The quantitative estimate of drug-likeness (QED) is 0.913. The Bertz CT molecular complexity index is 629. The van der Waals surface area contributed by atoms with Crippen molar-refractivity contribution in [1.82, 2.24) is 19.5 Å². The van der Waals surface area contributed by atoms with Crippen LogP contribution in [0, 0.1) is 0 Å². The molecule has 0 saturated heterocycles. The van der Waals surface area contributed by atoms with Gasteiger partial charge in [0.25, 0.3) is 12.3 Å². The van der Waals surface area contributed by atoms with E-state index in [4.69, 9.17) is 5.11 Å². The van der Waals surface area contributed by atoms with Gasteiger partial charge in [0.1, 0.15) is 0 Å². The van der Waals surface area contributed by atoms with Gasteiger partial charge < -0.3 is 10.0 Å². The topological polar surface area (TPSA) is 70.7 Å². The van der Waals surface area contributed by atoms with Crippen LogP contribution in [0.3, 0.4) is 0 Å². The number of likely N-dealkylation sites (N-methyl/N-ethyl adjacent to an activating group) is 1. The summed E-state index contributed by atoms with van der Waals surface area (Å²) in [6.45, 7) is 1.50. The Hall–Kier alpha value is -2.09. The van der Waals surface area contributed by atoms with Gasteiger partial charge in [-0.1, -0.05) is 0 Å². The largest absolute Gasteiger partial charge is 0.394 e. The lowest BCUT2D eigenvalue weighted by atomic mass is 10.2. The summed E-state index contributed by atoms with van der Waals surface area (Å²) in [7, 11) is 1.54. The van der Waals surface area contributed by atoms with Crippen molar-refractivity contribution in [3.8, 4) is 0 Å². The number of pyridine rings is 1. The molecule has 2 heterocycles. The Kier molecular flexibility index (Phi) is 3.93. The highest BCUT2D eigenvalue weighted by molar-refractivity contribution is 5.94. The zero-order valence-corrected chi connectivity index (χ0v) is 11.0. The molecule has 0 aromatic carbocycles. The summed E-state index contributed by atoms with van der Waals surface area (Å²) in [5.74, 6) is -0.880. The van der Waals surface area contributed by atoms with Gasteiger partial charge in [-0.05, 0) is 19.1 Å². The van der Waals surface area contributed by atoms with E-state index in [0.717, 1.165) is 4.40 Å². The van der Waals surface area contributed by atoms with E-state index >= 15 is 0 Å². The van der Waals surface area contributed by atoms with Crippen LogP contribution in [0.25, 0.3) is 5.65 Å². The van der Waals surface area contributed by atoms with Gasteiger partial charge in [0, 0.05) is 13.2 Å². The van der Waals surface area contributed by atoms with Crippen LogP contribution in [-0.2, 0) is 0 Å². The van der Waals surface area contributed by atoms with Gasteiger partial charge in [-0.3, -0.25) is 9.20 Å². The van der Waals surface area contributed by atoms with E-state index in [1.807, 2.05) is 0 Å². The molecule has 0 bridgehead atoms. The summed E-state index contributed by atoms with van der Waals surface area (Å²) in [4.78, 5) is 13.5. The lowest BCUT2D eigenvalue weighted by molar-refractivity contribution is 0.0681. The van der Waals surface area contributed by atoms with Gasteiger partial charge in [0.15, 0.2) is 5.65 Å². The van der Waals surface area contributed by atoms with Crippen LogP contribution in [0.2, 0.25) is 0 Å². The molecule has 108 valence electrons. The zero-order valence-electron chi connectivity index (χ0n) is 11.0. The van der Waals surface area contributed by atoms with Crippen molar-refractivity contribution in [2.45, 2.75) is 19.4 Å². The van der Waals surface area contributed by atoms with E-state index in [1.54, 1.807) is 6.92 Å². The molecule has 0 aliphatic rings. The van der Waals surface area contributed by atoms with Crippen molar-refractivity contribution in [3.63, 3.8) is 0 Å². The molecule has 0 spiro atoms. The fourth-order valence-corrected chi connectivity index (χ4v) is 1.71. The van der Waals surface area contributed by atoms with E-state index in [0.29, 0.717) is 0 Å². The Morgan fingerprint density at radius 3 is 2.75 bits per heavy atom. The first kappa shape index (κ1) is 14.3. The van der Waals surface area contributed by atoms with E-state index in [-0.39, 0.29) is 29.8 Å². The van der Waals surface area contributed by atoms with E-state index in [9.17, 15) is 13.6 Å². The normalized spacial score (nSPS) is 12.9. The average Bonchev–Trinajstić information content (AvgIpc) is 2.87. The van der Waals surface area contributed by atoms with Crippen molar-refractivity contribution in [2.75, 3.05) is 13.7 Å². The van der Waals surface area contributed by atoms with Gasteiger partial charge in [-0.15, -0.1) is 10.2 Å². The number of halogens is 2. The maximum atomic E-state index is 12.8. The average molecular weight is 284 g/mol. The molecule has 0 aliphatic carbocycles. The number of aromatic nitrogens is 3. The molecule has 20 heavy (non-hydrogen) atoms. The Labute approximate surface area is 113 Å². The number of hydrogen-bond donors (Lipinski definition) is 1. The van der Waals surface area contributed by atoms with Crippen molar-refractivity contribution in [2.24, 2.45) is 0 Å². The molecule has 6 nitrogen and oxygen atoms in total. The number of aliphatic hydroxyl groups excluding tert-OH is 1. The smallest absolute Gasteiger partial charge is 0.297 e. The molecule has 0 radical (unpaired) electrons. The van der Waals surface area contributed by atoms with Gasteiger partial charge in [0.05, 0.1) is 18.2 Å². The summed E-state index contributed by atoms with van der Waals surface area (Å²) in [6.07, 6.45) is -1.50. The monoisotopic (exact) mass is 284 g/mol. The third-order valence-electron chi connectivity index (χ3n) is 3.12. The molecule has 2 aromatic heterocycles. The molecule has 1 N–H and O–H groups in total. The SMILES string of the molecule is CC(CO)N(C)C(=O)c1ccc2nnc(C(F)F)n2c1. The Morgan fingerprint density at radius 1 is 1.45 bits per heavy atom. The van der Waals surface area contributed by atoms with Gasteiger partial charge in [0.2, 0.25) is 5.82 Å². The van der Waals surface area contributed by atoms with Crippen LogP contribution in [0.4, 0.5) is 8.78 Å². The molecule has 0 aliphatic heterocycles. The molecule has 2 aromatic rings. The number of hydrogen-bond acceptors (Lipinski definition) is 4. The maximum Gasteiger partial charge on any atom is 0.297 e. The van der Waals surface area contributed by atoms with Crippen molar-refractivity contribution >= 4 is 11.6 Å². The molecule has 1 amide bonds. The first-order valence-corrected chi connectivity index (χ1v) is 5.96. The number of fused-ring (bicyclic) bond motifs is 1. The standard InChI is InChI=1S/C12H14F2N4O2/c1-7(6-19)17(2)12(20)8-3-4-9-15-16-11(10(13)14)18(9)5-8/h3-5,7,10,19H,6H2,1-2H3. The van der Waals surface area contributed by atoms with Crippen LogP contribution in [0.5, 0.6) is 0 Å². The zero-order chi connectivity index (χ0) is 14.9. The minimum absolute atomic E-state index is 0.181. The first-order valence-electron chi connectivity index (χ1n) is 5.96. The summed E-state index contributed by atoms with van der Waals surface area (Å²) in [5, 5.41) is 16.0. The maximum absolute atomic E-state index is 12.8. The summed E-state index contributed by atoms with van der Waals surface area (Å²) in [6, 6.07) is 2.57.